The number of hydrogen-bond acceptors (Lipinski definition) is 8. The highest BCUT2D eigenvalue weighted by molar-refractivity contribution is 8.15. The summed E-state index contributed by atoms with van der Waals surface area (Å²) in [6, 6.07) is 8.18. The second-order valence-corrected chi connectivity index (χ2v) is 7.53. The first-order valence-electron chi connectivity index (χ1n) is 8.88. The molecule has 0 radical (unpaired) electrons. The fourth-order valence-electron chi connectivity index (χ4n) is 2.94. The van der Waals surface area contributed by atoms with Gasteiger partial charge in [-0.05, 0) is 42.1 Å². The largest absolute Gasteiger partial charge is 0.507 e. The standard InChI is InChI=1S/C20H18N2O8S/c1-29-11-4-5-13(15(8-11)30-2)22-18(25)16(31-20(22)28)9-17(24)21-10-3-6-14(23)12(7-10)19(26)27/h3-8,16,23H,9H2,1-2H3,(H,21,24)(H,26,27). The van der Waals surface area contributed by atoms with Gasteiger partial charge in [-0.15, -0.1) is 0 Å². The molecule has 1 aliphatic rings. The number of aromatic hydroxyl groups is 1. The maximum atomic E-state index is 12.8. The zero-order valence-corrected chi connectivity index (χ0v) is 17.3. The van der Waals surface area contributed by atoms with Crippen LogP contribution in [0.15, 0.2) is 36.4 Å². The number of carboxylic acid groups (broad SMARTS) is 1. The second-order valence-electron chi connectivity index (χ2n) is 6.37. The van der Waals surface area contributed by atoms with Crippen LogP contribution in [-0.2, 0) is 9.59 Å². The minimum atomic E-state index is -1.36. The Morgan fingerprint density at radius 3 is 2.52 bits per heavy atom. The van der Waals surface area contributed by atoms with Gasteiger partial charge >= 0.3 is 5.97 Å². The number of rotatable bonds is 7. The molecule has 0 spiro atoms. The zero-order valence-electron chi connectivity index (χ0n) is 16.4. The third-order valence-corrected chi connectivity index (χ3v) is 5.47. The van der Waals surface area contributed by atoms with Crippen molar-refractivity contribution >= 4 is 46.2 Å². The van der Waals surface area contributed by atoms with Crippen LogP contribution in [0.4, 0.5) is 16.2 Å². The van der Waals surface area contributed by atoms with E-state index in [0.29, 0.717) is 17.5 Å². The Hall–Kier alpha value is -3.73. The number of methoxy groups -OCH3 is 2. The van der Waals surface area contributed by atoms with Crippen molar-refractivity contribution in [3.63, 3.8) is 0 Å². The van der Waals surface area contributed by atoms with Gasteiger partial charge in [-0.2, -0.15) is 0 Å². The molecule has 3 amide bonds. The summed E-state index contributed by atoms with van der Waals surface area (Å²) in [6.07, 6.45) is -0.312. The smallest absolute Gasteiger partial charge is 0.339 e. The number of thioether (sulfide) groups is 1. The quantitative estimate of drug-likeness (QED) is 0.547. The number of ether oxygens (including phenoxy) is 2. The molecular formula is C20H18N2O8S. The van der Waals surface area contributed by atoms with Crippen molar-refractivity contribution in [2.24, 2.45) is 0 Å². The summed E-state index contributed by atoms with van der Waals surface area (Å²) in [5, 5.41) is 19.5. The minimum Gasteiger partial charge on any atom is -0.507 e. The number of imide groups is 1. The Balaban J connectivity index is 1.74. The Morgan fingerprint density at radius 2 is 1.87 bits per heavy atom. The first-order chi connectivity index (χ1) is 14.7. The van der Waals surface area contributed by atoms with Gasteiger partial charge in [0, 0.05) is 18.2 Å². The molecule has 0 saturated carbocycles. The molecule has 3 rings (SSSR count). The average Bonchev–Trinajstić information content (AvgIpc) is 3.01. The molecule has 2 aromatic rings. The van der Waals surface area contributed by atoms with E-state index in [1.807, 2.05) is 0 Å². The van der Waals surface area contributed by atoms with E-state index in [2.05, 4.69) is 5.32 Å². The molecule has 3 N–H and O–H groups in total. The molecule has 1 unspecified atom stereocenters. The number of anilines is 2. The fourth-order valence-corrected chi connectivity index (χ4v) is 3.92. The van der Waals surface area contributed by atoms with Gasteiger partial charge in [-0.1, -0.05) is 0 Å². The Bertz CT molecular complexity index is 1070. The van der Waals surface area contributed by atoms with Crippen LogP contribution in [0.1, 0.15) is 16.8 Å². The number of carbonyl (C=O) groups is 4. The van der Waals surface area contributed by atoms with Crippen LogP contribution in [0.5, 0.6) is 17.2 Å². The number of nitrogens with zero attached hydrogens (tertiary/aromatic N) is 1. The average molecular weight is 446 g/mol. The van der Waals surface area contributed by atoms with Crippen molar-refractivity contribution in [2.45, 2.75) is 11.7 Å². The monoisotopic (exact) mass is 446 g/mol. The number of amides is 3. The van der Waals surface area contributed by atoms with Crippen LogP contribution in [-0.4, -0.2) is 52.7 Å². The number of nitrogens with one attached hydrogen (secondary N) is 1. The summed E-state index contributed by atoms with van der Waals surface area (Å²) in [4.78, 5) is 49.7. The van der Waals surface area contributed by atoms with Crippen molar-refractivity contribution in [1.82, 2.24) is 0 Å². The van der Waals surface area contributed by atoms with Crippen molar-refractivity contribution in [3.05, 3.63) is 42.0 Å². The maximum absolute atomic E-state index is 12.8. The van der Waals surface area contributed by atoms with Gasteiger partial charge in [0.2, 0.25) is 11.8 Å². The summed E-state index contributed by atoms with van der Waals surface area (Å²) >= 11 is 0.711. The molecule has 162 valence electrons. The molecule has 0 aromatic heterocycles. The normalized spacial score (nSPS) is 15.7. The lowest BCUT2D eigenvalue weighted by Crippen LogP contribution is -2.33. The highest BCUT2D eigenvalue weighted by Crippen LogP contribution is 2.39. The first-order valence-corrected chi connectivity index (χ1v) is 9.76. The van der Waals surface area contributed by atoms with E-state index in [0.717, 1.165) is 17.0 Å². The van der Waals surface area contributed by atoms with E-state index >= 15 is 0 Å². The van der Waals surface area contributed by atoms with Gasteiger partial charge in [0.1, 0.15) is 28.1 Å². The maximum Gasteiger partial charge on any atom is 0.339 e. The lowest BCUT2D eigenvalue weighted by atomic mass is 10.1. The SMILES string of the molecule is COc1ccc(N2C(=O)SC(CC(=O)Nc3ccc(O)c(C(=O)O)c3)C2=O)c(OC)c1. The molecule has 0 bridgehead atoms. The molecule has 2 aromatic carbocycles. The first kappa shape index (κ1) is 22.0. The Labute approximate surface area is 180 Å². The van der Waals surface area contributed by atoms with Gasteiger partial charge in [-0.25, -0.2) is 9.69 Å². The van der Waals surface area contributed by atoms with Crippen LogP contribution >= 0.6 is 11.8 Å². The van der Waals surface area contributed by atoms with Crippen LogP contribution in [0, 0.1) is 0 Å². The molecule has 1 atom stereocenters. The number of carboxylic acids is 1. The van der Waals surface area contributed by atoms with E-state index in [-0.39, 0.29) is 29.1 Å². The minimum absolute atomic E-state index is 0.135. The molecule has 11 heteroatoms. The molecule has 1 saturated heterocycles. The topological polar surface area (TPSA) is 142 Å². The molecule has 1 fully saturated rings. The number of hydrogen-bond donors (Lipinski definition) is 3. The molecular weight excluding hydrogens is 428 g/mol. The van der Waals surface area contributed by atoms with Crippen LogP contribution < -0.4 is 19.7 Å². The van der Waals surface area contributed by atoms with Crippen LogP contribution in [0.2, 0.25) is 0 Å². The van der Waals surface area contributed by atoms with Gasteiger partial charge in [0.15, 0.2) is 0 Å². The van der Waals surface area contributed by atoms with Gasteiger partial charge in [0.25, 0.3) is 5.24 Å². The third-order valence-electron chi connectivity index (χ3n) is 4.43. The van der Waals surface area contributed by atoms with E-state index in [1.54, 1.807) is 6.07 Å². The van der Waals surface area contributed by atoms with Crippen molar-refractivity contribution in [2.75, 3.05) is 24.4 Å². The second kappa shape index (κ2) is 8.96. The van der Waals surface area contributed by atoms with Crippen LogP contribution in [0.25, 0.3) is 0 Å². The summed E-state index contributed by atoms with van der Waals surface area (Å²) < 4.78 is 10.4. The van der Waals surface area contributed by atoms with Crippen LogP contribution in [0.3, 0.4) is 0 Å². The third kappa shape index (κ3) is 4.56. The number of aromatic carboxylic acids is 1. The number of phenols is 1. The summed E-state index contributed by atoms with van der Waals surface area (Å²) in [5.41, 5.74) is -0.00827. The molecule has 1 aliphatic heterocycles. The molecule has 1 heterocycles. The fraction of sp³-hybridized carbons (Fsp3) is 0.200. The molecule has 0 aliphatic carbocycles. The predicted molar refractivity (Wildman–Crippen MR) is 112 cm³/mol. The van der Waals surface area contributed by atoms with Crippen molar-refractivity contribution in [1.29, 1.82) is 0 Å². The van der Waals surface area contributed by atoms with Gasteiger partial charge in [0.05, 0.1) is 19.9 Å². The van der Waals surface area contributed by atoms with E-state index in [4.69, 9.17) is 14.6 Å². The predicted octanol–water partition coefficient (Wildman–Crippen LogP) is 2.70. The molecule has 10 nitrogen and oxygen atoms in total. The van der Waals surface area contributed by atoms with Crippen molar-refractivity contribution in [3.8, 4) is 17.2 Å². The highest BCUT2D eigenvalue weighted by atomic mass is 32.2. The van der Waals surface area contributed by atoms with Crippen molar-refractivity contribution < 1.29 is 38.9 Å². The summed E-state index contributed by atoms with van der Waals surface area (Å²) in [5.74, 6) is -2.23. The number of benzene rings is 2. The summed E-state index contributed by atoms with van der Waals surface area (Å²) in [6.45, 7) is 0. The lowest BCUT2D eigenvalue weighted by Gasteiger charge is -2.18. The summed E-state index contributed by atoms with van der Waals surface area (Å²) in [7, 11) is 2.86. The van der Waals surface area contributed by atoms with Gasteiger partial charge < -0.3 is 25.0 Å². The zero-order chi connectivity index (χ0) is 22.7. The lowest BCUT2D eigenvalue weighted by molar-refractivity contribution is -0.121. The molecule has 31 heavy (non-hydrogen) atoms. The number of carbonyl (C=O) groups excluding carboxylic acids is 3. The highest BCUT2D eigenvalue weighted by Gasteiger charge is 2.42. The van der Waals surface area contributed by atoms with E-state index in [9.17, 15) is 24.3 Å². The van der Waals surface area contributed by atoms with E-state index in [1.165, 1.54) is 32.4 Å². The van der Waals surface area contributed by atoms with E-state index < -0.39 is 34.0 Å². The Kier molecular flexibility index (Phi) is 6.35. The van der Waals surface area contributed by atoms with Gasteiger partial charge in [-0.3, -0.25) is 14.4 Å². The Morgan fingerprint density at radius 1 is 1.13 bits per heavy atom.